The number of benzene rings is 2. The van der Waals surface area contributed by atoms with Gasteiger partial charge in [-0.25, -0.2) is 0 Å². The van der Waals surface area contributed by atoms with Gasteiger partial charge < -0.3 is 9.64 Å². The highest BCUT2D eigenvalue weighted by Gasteiger charge is 2.44. The van der Waals surface area contributed by atoms with E-state index in [2.05, 4.69) is 0 Å². The fraction of sp³-hybridized carbons (Fsp3) is 0.300. The minimum Gasteiger partial charge on any atom is -0.484 e. The Kier molecular flexibility index (Phi) is 5.25. The molecule has 1 fully saturated rings. The Balaban J connectivity index is 1.51. The number of fused-ring (bicyclic) bond motifs is 1. The highest BCUT2D eigenvalue weighted by atomic mass is 35.5. The molecule has 0 atom stereocenters. The van der Waals surface area contributed by atoms with Crippen LogP contribution in [-0.4, -0.2) is 35.3 Å². The highest BCUT2D eigenvalue weighted by molar-refractivity contribution is 6.42. The quantitative estimate of drug-likeness (QED) is 0.531. The molecule has 0 aliphatic carbocycles. The van der Waals surface area contributed by atoms with Gasteiger partial charge in [-0.2, -0.15) is 0 Å². The van der Waals surface area contributed by atoms with Crippen molar-refractivity contribution in [3.05, 3.63) is 61.5 Å². The maximum atomic E-state index is 12.8. The number of piperidine rings is 1. The number of ether oxygens (including phenoxy) is 1. The van der Waals surface area contributed by atoms with E-state index >= 15 is 0 Å². The van der Waals surface area contributed by atoms with Crippen molar-refractivity contribution in [3.8, 4) is 5.75 Å². The molecule has 0 aromatic heterocycles. The van der Waals surface area contributed by atoms with Crippen molar-refractivity contribution in [1.82, 2.24) is 4.90 Å². The number of Topliss-reactive ketones (excluding diaryl/α,β-unsaturated/α-hetero) is 1. The van der Waals surface area contributed by atoms with E-state index in [4.69, 9.17) is 51.1 Å². The predicted octanol–water partition coefficient (Wildman–Crippen LogP) is 5.94. The molecule has 0 radical (unpaired) electrons. The Morgan fingerprint density at radius 1 is 0.964 bits per heavy atom. The zero-order chi connectivity index (χ0) is 20.1. The predicted molar refractivity (Wildman–Crippen MR) is 110 cm³/mol. The summed E-state index contributed by atoms with van der Waals surface area (Å²) in [6.07, 6.45) is 1.31. The van der Waals surface area contributed by atoms with E-state index in [-0.39, 0.29) is 18.1 Å². The minimum absolute atomic E-state index is 0.0464. The van der Waals surface area contributed by atoms with Crippen molar-refractivity contribution in [3.63, 3.8) is 0 Å². The van der Waals surface area contributed by atoms with Gasteiger partial charge in [0.15, 0.2) is 5.78 Å². The second-order valence-electron chi connectivity index (χ2n) is 7.07. The molecule has 4 rings (SSSR count). The molecule has 2 aliphatic heterocycles. The maximum Gasteiger partial charge on any atom is 0.253 e. The van der Waals surface area contributed by atoms with Crippen LogP contribution in [0.15, 0.2) is 30.3 Å². The Morgan fingerprint density at radius 3 is 2.36 bits per heavy atom. The molecule has 0 bridgehead atoms. The van der Waals surface area contributed by atoms with Gasteiger partial charge in [0.05, 0.1) is 27.1 Å². The third-order valence-electron chi connectivity index (χ3n) is 5.24. The first kappa shape index (κ1) is 19.8. The van der Waals surface area contributed by atoms with E-state index in [1.807, 2.05) is 0 Å². The number of likely N-dealkylation sites (tertiary alicyclic amines) is 1. The molecule has 8 heteroatoms. The maximum absolute atomic E-state index is 12.8. The monoisotopic (exact) mass is 457 g/mol. The minimum atomic E-state index is -0.657. The number of ketones is 1. The molecule has 0 N–H and O–H groups in total. The third kappa shape index (κ3) is 3.59. The molecule has 2 aromatic carbocycles. The van der Waals surface area contributed by atoms with E-state index in [1.165, 1.54) is 0 Å². The number of rotatable bonds is 1. The second kappa shape index (κ2) is 7.42. The van der Waals surface area contributed by atoms with Crippen LogP contribution in [0, 0.1) is 0 Å². The number of halogens is 4. The Bertz CT molecular complexity index is 984. The van der Waals surface area contributed by atoms with E-state index in [0.717, 1.165) is 0 Å². The summed E-state index contributed by atoms with van der Waals surface area (Å²) in [5.41, 5.74) is 0.238. The fourth-order valence-electron chi connectivity index (χ4n) is 3.72. The number of nitrogens with zero attached hydrogens (tertiary/aromatic N) is 1. The van der Waals surface area contributed by atoms with Crippen molar-refractivity contribution >= 4 is 58.1 Å². The molecule has 1 amide bonds. The van der Waals surface area contributed by atoms with Gasteiger partial charge in [0.1, 0.15) is 11.4 Å². The third-order valence-corrected chi connectivity index (χ3v) is 6.48. The topological polar surface area (TPSA) is 46.6 Å². The van der Waals surface area contributed by atoms with Gasteiger partial charge >= 0.3 is 0 Å². The lowest BCUT2D eigenvalue weighted by molar-refractivity contribution is -0.00564. The van der Waals surface area contributed by atoms with Crippen molar-refractivity contribution in [2.24, 2.45) is 0 Å². The largest absolute Gasteiger partial charge is 0.484 e. The van der Waals surface area contributed by atoms with E-state index in [9.17, 15) is 9.59 Å². The van der Waals surface area contributed by atoms with Crippen LogP contribution < -0.4 is 4.74 Å². The van der Waals surface area contributed by atoms with Crippen LogP contribution in [0.3, 0.4) is 0 Å². The molecule has 0 unspecified atom stereocenters. The Labute approximate surface area is 182 Å². The van der Waals surface area contributed by atoms with Crippen LogP contribution in [-0.2, 0) is 0 Å². The van der Waals surface area contributed by atoms with E-state index in [1.54, 1.807) is 35.2 Å². The lowest BCUT2D eigenvalue weighted by Gasteiger charge is -2.44. The SMILES string of the molecule is O=C1CC2(CCN(C(=O)c3ccc(Cl)c(Cl)c3)CC2)Oc2c(Cl)cc(Cl)cc21. The van der Waals surface area contributed by atoms with E-state index < -0.39 is 5.60 Å². The summed E-state index contributed by atoms with van der Waals surface area (Å²) in [6.45, 7) is 0.930. The molecule has 2 aromatic rings. The van der Waals surface area contributed by atoms with Crippen molar-refractivity contribution in [2.45, 2.75) is 24.9 Å². The Morgan fingerprint density at radius 2 is 1.68 bits per heavy atom. The average molecular weight is 459 g/mol. The summed E-state index contributed by atoms with van der Waals surface area (Å²) >= 11 is 24.2. The van der Waals surface area contributed by atoms with Crippen LogP contribution in [0.5, 0.6) is 5.75 Å². The summed E-state index contributed by atoms with van der Waals surface area (Å²) < 4.78 is 6.20. The van der Waals surface area contributed by atoms with Crippen LogP contribution >= 0.6 is 46.4 Å². The molecule has 1 spiro atoms. The molecule has 2 aliphatic rings. The molecule has 1 saturated heterocycles. The summed E-state index contributed by atoms with van der Waals surface area (Å²) in [5, 5.41) is 1.47. The number of carbonyl (C=O) groups is 2. The smallest absolute Gasteiger partial charge is 0.253 e. The van der Waals surface area contributed by atoms with Crippen LogP contribution in [0.1, 0.15) is 40.0 Å². The van der Waals surface area contributed by atoms with Crippen LogP contribution in [0.25, 0.3) is 0 Å². The van der Waals surface area contributed by atoms with Gasteiger partial charge in [0.25, 0.3) is 5.91 Å². The molecule has 0 saturated carbocycles. The highest BCUT2D eigenvalue weighted by Crippen LogP contribution is 2.44. The molecule has 146 valence electrons. The van der Waals surface area contributed by atoms with Gasteiger partial charge in [-0.05, 0) is 30.3 Å². The molecular weight excluding hydrogens is 444 g/mol. The second-order valence-corrected chi connectivity index (χ2v) is 8.73. The molecule has 4 nitrogen and oxygen atoms in total. The summed E-state index contributed by atoms with van der Waals surface area (Å²) in [5.74, 6) is 0.210. The summed E-state index contributed by atoms with van der Waals surface area (Å²) in [6, 6.07) is 7.98. The molecule has 28 heavy (non-hydrogen) atoms. The van der Waals surface area contributed by atoms with Crippen molar-refractivity contribution in [2.75, 3.05) is 13.1 Å². The van der Waals surface area contributed by atoms with E-state index in [0.29, 0.717) is 62.9 Å². The van der Waals surface area contributed by atoms with Gasteiger partial charge in [0, 0.05) is 36.5 Å². The number of hydrogen-bond donors (Lipinski definition) is 0. The summed E-state index contributed by atoms with van der Waals surface area (Å²) in [4.78, 5) is 27.2. The van der Waals surface area contributed by atoms with Gasteiger partial charge in [0.2, 0.25) is 0 Å². The number of carbonyl (C=O) groups excluding carboxylic acids is 2. The lowest BCUT2D eigenvalue weighted by Crippen LogP contribution is -2.52. The van der Waals surface area contributed by atoms with Crippen LogP contribution in [0.4, 0.5) is 0 Å². The summed E-state index contributed by atoms with van der Waals surface area (Å²) in [7, 11) is 0. The number of amides is 1. The molecule has 2 heterocycles. The zero-order valence-corrected chi connectivity index (χ0v) is 17.6. The zero-order valence-electron chi connectivity index (χ0n) is 14.6. The van der Waals surface area contributed by atoms with Crippen molar-refractivity contribution in [1.29, 1.82) is 0 Å². The average Bonchev–Trinajstić information content (AvgIpc) is 2.65. The molecular formula is C20H15Cl4NO3. The first-order valence-corrected chi connectivity index (χ1v) is 10.2. The number of hydrogen-bond acceptors (Lipinski definition) is 3. The van der Waals surface area contributed by atoms with Gasteiger partial charge in [-0.1, -0.05) is 46.4 Å². The standard InChI is InChI=1S/C20H15Cl4NO3/c21-12-8-13-17(26)10-20(28-18(13)16(24)9-12)3-5-25(6-4-20)19(27)11-1-2-14(22)15(23)7-11/h1-2,7-9H,3-6,10H2. The van der Waals surface area contributed by atoms with Gasteiger partial charge in [-0.15, -0.1) is 0 Å². The fourth-order valence-corrected chi connectivity index (χ4v) is 4.55. The first-order valence-electron chi connectivity index (χ1n) is 8.74. The normalized spacial score (nSPS) is 18.0. The van der Waals surface area contributed by atoms with Crippen molar-refractivity contribution < 1.29 is 14.3 Å². The van der Waals surface area contributed by atoms with Gasteiger partial charge in [-0.3, -0.25) is 9.59 Å². The first-order chi connectivity index (χ1) is 13.3. The Hall–Kier alpha value is -1.46. The lowest BCUT2D eigenvalue weighted by atomic mass is 9.82. The van der Waals surface area contributed by atoms with Crippen LogP contribution in [0.2, 0.25) is 20.1 Å².